The van der Waals surface area contributed by atoms with E-state index in [1.807, 2.05) is 86.4 Å². The molecule has 0 saturated heterocycles. The second-order valence-corrected chi connectivity index (χ2v) is 7.37. The molecule has 19 heavy (non-hydrogen) atoms. The predicted octanol–water partition coefficient (Wildman–Crippen LogP) is 4.13. The lowest BCUT2D eigenvalue weighted by Crippen LogP contribution is -2.13. The molecule has 0 heterocycles. The zero-order chi connectivity index (χ0) is 13.7. The van der Waals surface area contributed by atoms with Gasteiger partial charge in [0.1, 0.15) is 0 Å². The van der Waals surface area contributed by atoms with Gasteiger partial charge >= 0.3 is 0 Å². The van der Waals surface area contributed by atoms with Crippen LogP contribution in [0, 0.1) is 5.92 Å². The fraction of sp³-hybridized carbons (Fsp3) is 0.118. The number of rotatable bonds is 4. The minimum absolute atomic E-state index is 0.874. The summed E-state index contributed by atoms with van der Waals surface area (Å²) in [6, 6.07) is 19.4. The monoisotopic (exact) mass is 269 g/mol. The van der Waals surface area contributed by atoms with Crippen molar-refractivity contribution in [3.63, 3.8) is 0 Å². The summed E-state index contributed by atoms with van der Waals surface area (Å²) in [5, 5.41) is 1.75. The fourth-order valence-corrected chi connectivity index (χ4v) is 4.25. The first-order valence-corrected chi connectivity index (χ1v) is 8.11. The van der Waals surface area contributed by atoms with Crippen LogP contribution in [0.2, 0.25) is 0 Å². The molecule has 2 aromatic rings. The van der Waals surface area contributed by atoms with Gasteiger partial charge in [-0.25, -0.2) is 12.0 Å². The zero-order valence-corrected chi connectivity index (χ0v) is 12.2. The first-order valence-electron chi connectivity index (χ1n) is 6.33. The van der Waals surface area contributed by atoms with E-state index in [1.54, 1.807) is 0 Å². The lowest BCUT2D eigenvalue weighted by atomic mass is 10.2. The Kier molecular flexibility index (Phi) is 4.29. The van der Waals surface area contributed by atoms with Crippen LogP contribution in [0.15, 0.2) is 72.6 Å². The molecule has 0 aliphatic rings. The van der Waals surface area contributed by atoms with Crippen molar-refractivity contribution in [2.24, 2.45) is 0 Å². The largest absolute Gasteiger partial charge is 0.328 e. The standard InChI is InChI=1S/C17H18OP/c1-15(2)13-14-19(18,16-9-5-3-6-10-16)17-11-7-4-8-12-17/h3-14H,1-2H3/q-1. The van der Waals surface area contributed by atoms with E-state index in [0.717, 1.165) is 16.5 Å². The van der Waals surface area contributed by atoms with Gasteiger partial charge in [0.25, 0.3) is 0 Å². The Hall–Kier alpha value is -1.72. The highest BCUT2D eigenvalue weighted by molar-refractivity contribution is 7.81. The van der Waals surface area contributed by atoms with Gasteiger partial charge in [0, 0.05) is 10.6 Å². The average molecular weight is 269 g/mol. The van der Waals surface area contributed by atoms with Crippen LogP contribution < -0.4 is 10.6 Å². The molecule has 0 amide bonds. The molecule has 2 rings (SSSR count). The Labute approximate surface area is 115 Å². The van der Waals surface area contributed by atoms with Gasteiger partial charge in [-0.05, 0) is 0 Å². The maximum Gasteiger partial charge on any atom is 0.0935 e. The highest BCUT2D eigenvalue weighted by Crippen LogP contribution is 2.45. The zero-order valence-electron chi connectivity index (χ0n) is 11.3. The van der Waals surface area contributed by atoms with Crippen molar-refractivity contribution < 1.29 is 4.57 Å². The van der Waals surface area contributed by atoms with Crippen molar-refractivity contribution in [1.29, 1.82) is 0 Å². The maximum atomic E-state index is 13.4. The Morgan fingerprint density at radius 3 is 1.63 bits per heavy atom. The van der Waals surface area contributed by atoms with Crippen molar-refractivity contribution in [3.05, 3.63) is 78.5 Å². The highest BCUT2D eigenvalue weighted by Gasteiger charge is 2.18. The molecule has 0 bridgehead atoms. The normalized spacial score (nSPS) is 11.7. The molecule has 0 atom stereocenters. The molecule has 0 saturated carbocycles. The summed E-state index contributed by atoms with van der Waals surface area (Å²) in [5.41, 5.74) is 0. The quantitative estimate of drug-likeness (QED) is 0.602. The molecule has 0 aliphatic heterocycles. The summed E-state index contributed by atoms with van der Waals surface area (Å²) >= 11 is 0. The fourth-order valence-electron chi connectivity index (χ4n) is 1.87. The topological polar surface area (TPSA) is 17.1 Å². The minimum atomic E-state index is -2.68. The van der Waals surface area contributed by atoms with Gasteiger partial charge in [-0.2, -0.15) is 5.82 Å². The van der Waals surface area contributed by atoms with Gasteiger partial charge in [-0.1, -0.05) is 60.7 Å². The third kappa shape index (κ3) is 3.19. The second kappa shape index (κ2) is 5.95. The van der Waals surface area contributed by atoms with E-state index in [9.17, 15) is 4.57 Å². The summed E-state index contributed by atoms with van der Waals surface area (Å²) in [7, 11) is -2.68. The van der Waals surface area contributed by atoms with E-state index < -0.39 is 7.14 Å². The third-order valence-electron chi connectivity index (χ3n) is 2.90. The van der Waals surface area contributed by atoms with Crippen molar-refractivity contribution in [2.45, 2.75) is 13.8 Å². The molecule has 0 radical (unpaired) electrons. The molecule has 2 heteroatoms. The number of allylic oxidation sites excluding steroid dienone is 1. The van der Waals surface area contributed by atoms with Gasteiger partial charge in [0.2, 0.25) is 0 Å². The van der Waals surface area contributed by atoms with Crippen molar-refractivity contribution >= 4 is 17.8 Å². The Morgan fingerprint density at radius 1 is 0.842 bits per heavy atom. The van der Waals surface area contributed by atoms with Gasteiger partial charge in [0.15, 0.2) is 0 Å². The molecular formula is C17H18OP-. The molecule has 0 spiro atoms. The van der Waals surface area contributed by atoms with Crippen LogP contribution in [-0.2, 0) is 4.57 Å². The second-order valence-electron chi connectivity index (χ2n) is 4.72. The van der Waals surface area contributed by atoms with Crippen LogP contribution in [0.25, 0.3) is 0 Å². The Morgan fingerprint density at radius 2 is 1.26 bits per heavy atom. The van der Waals surface area contributed by atoms with E-state index in [2.05, 4.69) is 0 Å². The molecule has 2 aromatic carbocycles. The lowest BCUT2D eigenvalue weighted by Gasteiger charge is -2.21. The van der Waals surface area contributed by atoms with Gasteiger partial charge in [-0.3, -0.25) is 0 Å². The van der Waals surface area contributed by atoms with Crippen LogP contribution >= 0.6 is 7.14 Å². The van der Waals surface area contributed by atoms with Gasteiger partial charge in [-0.15, -0.1) is 13.8 Å². The number of hydrogen-bond acceptors (Lipinski definition) is 1. The van der Waals surface area contributed by atoms with E-state index in [4.69, 9.17) is 0 Å². The SMILES string of the molecule is C[C-](C)C=CP(=O)(c1ccccc1)c1ccccc1. The maximum absolute atomic E-state index is 13.4. The molecule has 1 nitrogen and oxygen atoms in total. The predicted molar refractivity (Wildman–Crippen MR) is 83.5 cm³/mol. The summed E-state index contributed by atoms with van der Waals surface area (Å²) in [5.74, 6) is 3.00. The smallest absolute Gasteiger partial charge is 0.0935 e. The highest BCUT2D eigenvalue weighted by atomic mass is 31.2. The lowest BCUT2D eigenvalue weighted by molar-refractivity contribution is 0.592. The van der Waals surface area contributed by atoms with Crippen molar-refractivity contribution in [1.82, 2.24) is 0 Å². The van der Waals surface area contributed by atoms with Crippen molar-refractivity contribution in [3.8, 4) is 0 Å². The molecule has 0 N–H and O–H groups in total. The first kappa shape index (κ1) is 13.7. The summed E-state index contributed by atoms with van der Waals surface area (Å²) in [4.78, 5) is 0. The number of hydrogen-bond donors (Lipinski definition) is 0. The first-order chi connectivity index (χ1) is 9.13. The van der Waals surface area contributed by atoms with Crippen molar-refractivity contribution in [2.75, 3.05) is 0 Å². The van der Waals surface area contributed by atoms with E-state index in [1.165, 1.54) is 0 Å². The molecule has 0 aliphatic carbocycles. The number of benzene rings is 2. The minimum Gasteiger partial charge on any atom is -0.328 e. The van der Waals surface area contributed by atoms with Crippen LogP contribution in [0.1, 0.15) is 13.8 Å². The molecule has 0 fully saturated rings. The molecule has 98 valence electrons. The molecular weight excluding hydrogens is 251 g/mol. The third-order valence-corrected chi connectivity index (χ3v) is 5.60. The van der Waals surface area contributed by atoms with Crippen LogP contribution in [0.4, 0.5) is 0 Å². The molecule has 0 unspecified atom stereocenters. The Bertz CT molecular complexity index is 542. The molecule has 0 aromatic heterocycles. The summed E-state index contributed by atoms with van der Waals surface area (Å²) < 4.78 is 13.4. The van der Waals surface area contributed by atoms with E-state index in [-0.39, 0.29) is 0 Å². The van der Waals surface area contributed by atoms with E-state index >= 15 is 0 Å². The average Bonchev–Trinajstić information content (AvgIpc) is 2.46. The Balaban J connectivity index is 2.55. The van der Waals surface area contributed by atoms with Gasteiger partial charge < -0.3 is 4.57 Å². The van der Waals surface area contributed by atoms with E-state index in [0.29, 0.717) is 0 Å². The van der Waals surface area contributed by atoms with Crippen LogP contribution in [0.5, 0.6) is 0 Å². The summed E-state index contributed by atoms with van der Waals surface area (Å²) in [6.45, 7) is 4.02. The van der Waals surface area contributed by atoms with Gasteiger partial charge in [0.05, 0.1) is 7.14 Å². The summed E-state index contributed by atoms with van der Waals surface area (Å²) in [6.07, 6.45) is 1.95. The van der Waals surface area contributed by atoms with Crippen LogP contribution in [-0.4, -0.2) is 0 Å². The van der Waals surface area contributed by atoms with Crippen LogP contribution in [0.3, 0.4) is 0 Å².